The molecule has 0 aliphatic carbocycles. The molecule has 0 radical (unpaired) electrons. The first-order valence-corrected chi connectivity index (χ1v) is 8.14. The van der Waals surface area contributed by atoms with Crippen LogP contribution < -0.4 is 10.9 Å². The maximum atomic E-state index is 13.0. The summed E-state index contributed by atoms with van der Waals surface area (Å²) in [7, 11) is 0. The first-order valence-electron chi connectivity index (χ1n) is 7.35. The minimum absolute atomic E-state index is 0.0859. The largest absolute Gasteiger partial charge is 0.333 e. The Labute approximate surface area is 136 Å². The topological polar surface area (TPSA) is 65.2 Å². The van der Waals surface area contributed by atoms with Gasteiger partial charge in [-0.15, -0.1) is 0 Å². The molecule has 2 atom stereocenters. The van der Waals surface area contributed by atoms with Crippen LogP contribution in [0.3, 0.4) is 0 Å². The van der Waals surface area contributed by atoms with Gasteiger partial charge in [-0.1, -0.05) is 12.1 Å². The highest BCUT2D eigenvalue weighted by Gasteiger charge is 2.29. The second kappa shape index (κ2) is 5.85. The number of hydrogen-bond donors (Lipinski definition) is 2. The minimum atomic E-state index is -0.265. The molecule has 3 rings (SSSR count). The lowest BCUT2D eigenvalue weighted by Crippen LogP contribution is -2.57. The van der Waals surface area contributed by atoms with Crippen molar-refractivity contribution in [1.29, 1.82) is 0 Å². The lowest BCUT2D eigenvalue weighted by atomic mass is 10.0. The summed E-state index contributed by atoms with van der Waals surface area (Å²) in [6, 6.07) is 7.30. The van der Waals surface area contributed by atoms with Crippen molar-refractivity contribution in [2.45, 2.75) is 25.9 Å². The number of para-hydroxylation sites is 1. The van der Waals surface area contributed by atoms with Crippen LogP contribution >= 0.6 is 15.9 Å². The van der Waals surface area contributed by atoms with Crippen molar-refractivity contribution in [2.75, 3.05) is 13.1 Å². The number of carbonyl (C=O) groups is 1. The number of fused-ring (bicyclic) bond motifs is 1. The van der Waals surface area contributed by atoms with Gasteiger partial charge in [0.15, 0.2) is 0 Å². The quantitative estimate of drug-likeness (QED) is 0.815. The van der Waals surface area contributed by atoms with E-state index in [2.05, 4.69) is 33.2 Å². The minimum Gasteiger partial charge on any atom is -0.333 e. The molecule has 1 saturated heterocycles. The number of rotatable bonds is 1. The number of halogens is 1. The highest BCUT2D eigenvalue weighted by Crippen LogP contribution is 2.25. The van der Waals surface area contributed by atoms with Gasteiger partial charge in [0.05, 0.1) is 11.1 Å². The van der Waals surface area contributed by atoms with Gasteiger partial charge in [0.2, 0.25) is 5.56 Å². The molecule has 1 aromatic carbocycles. The summed E-state index contributed by atoms with van der Waals surface area (Å²) < 4.78 is 0.776. The average molecular weight is 364 g/mol. The number of aromatic amines is 1. The number of piperazine rings is 1. The van der Waals surface area contributed by atoms with E-state index in [9.17, 15) is 9.59 Å². The van der Waals surface area contributed by atoms with Gasteiger partial charge in [-0.25, -0.2) is 0 Å². The molecule has 2 unspecified atom stereocenters. The fourth-order valence-corrected chi connectivity index (χ4v) is 3.38. The van der Waals surface area contributed by atoms with Crippen molar-refractivity contribution in [3.63, 3.8) is 0 Å². The highest BCUT2D eigenvalue weighted by atomic mass is 79.9. The number of pyridine rings is 1. The zero-order valence-electron chi connectivity index (χ0n) is 12.5. The zero-order chi connectivity index (χ0) is 15.9. The van der Waals surface area contributed by atoms with Crippen molar-refractivity contribution in [1.82, 2.24) is 15.2 Å². The molecular weight excluding hydrogens is 346 g/mol. The van der Waals surface area contributed by atoms with Crippen molar-refractivity contribution < 1.29 is 4.79 Å². The van der Waals surface area contributed by atoms with Gasteiger partial charge in [-0.3, -0.25) is 9.59 Å². The molecule has 1 aliphatic rings. The van der Waals surface area contributed by atoms with Crippen molar-refractivity contribution in [2.24, 2.45) is 0 Å². The molecule has 2 heterocycles. The second-order valence-electron chi connectivity index (χ2n) is 5.69. The third-order valence-electron chi connectivity index (χ3n) is 4.35. The van der Waals surface area contributed by atoms with E-state index in [1.54, 1.807) is 0 Å². The van der Waals surface area contributed by atoms with Crippen LogP contribution in [0, 0.1) is 0 Å². The summed E-state index contributed by atoms with van der Waals surface area (Å²) >= 11 is 3.43. The van der Waals surface area contributed by atoms with Gasteiger partial charge < -0.3 is 15.2 Å². The summed E-state index contributed by atoms with van der Waals surface area (Å²) in [4.78, 5) is 29.5. The monoisotopic (exact) mass is 363 g/mol. The number of amides is 1. The smallest absolute Gasteiger partial charge is 0.255 e. The number of nitrogens with one attached hydrogen (secondary N) is 2. The fraction of sp³-hybridized carbons (Fsp3) is 0.375. The molecule has 0 bridgehead atoms. The molecule has 1 aromatic heterocycles. The van der Waals surface area contributed by atoms with E-state index in [0.29, 0.717) is 17.6 Å². The normalized spacial score (nSPS) is 22.0. The fourth-order valence-electron chi connectivity index (χ4n) is 2.92. The molecule has 22 heavy (non-hydrogen) atoms. The van der Waals surface area contributed by atoms with E-state index in [0.717, 1.165) is 16.4 Å². The van der Waals surface area contributed by atoms with Gasteiger partial charge in [0.25, 0.3) is 5.91 Å². The average Bonchev–Trinajstić information content (AvgIpc) is 2.49. The Morgan fingerprint density at radius 2 is 2.14 bits per heavy atom. The summed E-state index contributed by atoms with van der Waals surface area (Å²) in [5.74, 6) is -0.0879. The Bertz CT molecular complexity index is 787. The molecule has 6 heteroatoms. The van der Waals surface area contributed by atoms with E-state index >= 15 is 0 Å². The predicted molar refractivity (Wildman–Crippen MR) is 90.2 cm³/mol. The predicted octanol–water partition coefficient (Wildman–Crippen LogP) is 2.11. The lowest BCUT2D eigenvalue weighted by molar-refractivity contribution is 0.0605. The number of benzene rings is 1. The van der Waals surface area contributed by atoms with Gasteiger partial charge >= 0.3 is 0 Å². The van der Waals surface area contributed by atoms with Crippen molar-refractivity contribution in [3.05, 3.63) is 44.7 Å². The SMILES string of the molecule is CC1NCCN(C(=O)c2cc(=O)[nH]c3c(Br)cccc23)C1C. The lowest BCUT2D eigenvalue weighted by Gasteiger charge is -2.38. The zero-order valence-corrected chi connectivity index (χ0v) is 14.1. The first-order chi connectivity index (χ1) is 10.5. The van der Waals surface area contributed by atoms with Crippen LogP contribution in [0.5, 0.6) is 0 Å². The first kappa shape index (κ1) is 15.2. The molecule has 0 spiro atoms. The molecule has 1 amide bonds. The maximum Gasteiger partial charge on any atom is 0.255 e. The Morgan fingerprint density at radius 1 is 1.36 bits per heavy atom. The van der Waals surface area contributed by atoms with E-state index in [1.165, 1.54) is 6.07 Å². The van der Waals surface area contributed by atoms with Crippen LogP contribution in [-0.2, 0) is 0 Å². The Kier molecular flexibility index (Phi) is 4.06. The molecule has 1 fully saturated rings. The van der Waals surface area contributed by atoms with Gasteiger partial charge in [0.1, 0.15) is 0 Å². The van der Waals surface area contributed by atoms with E-state index in [1.807, 2.05) is 30.0 Å². The molecule has 5 nitrogen and oxygen atoms in total. The van der Waals surface area contributed by atoms with Crippen molar-refractivity contribution >= 4 is 32.7 Å². The molecular formula is C16H18BrN3O2. The Hall–Kier alpha value is -1.66. The van der Waals surface area contributed by atoms with Crippen LogP contribution in [0.25, 0.3) is 10.9 Å². The molecule has 0 saturated carbocycles. The van der Waals surface area contributed by atoms with Gasteiger partial charge in [0, 0.05) is 41.1 Å². The Morgan fingerprint density at radius 3 is 2.91 bits per heavy atom. The van der Waals surface area contributed by atoms with Crippen LogP contribution in [0.1, 0.15) is 24.2 Å². The maximum absolute atomic E-state index is 13.0. The highest BCUT2D eigenvalue weighted by molar-refractivity contribution is 9.10. The summed E-state index contributed by atoms with van der Waals surface area (Å²) in [5, 5.41) is 4.12. The van der Waals surface area contributed by atoms with Crippen LogP contribution in [-0.4, -0.2) is 41.0 Å². The number of hydrogen-bond acceptors (Lipinski definition) is 3. The number of nitrogens with zero attached hydrogens (tertiary/aromatic N) is 1. The van der Waals surface area contributed by atoms with E-state index < -0.39 is 0 Å². The molecule has 116 valence electrons. The summed E-state index contributed by atoms with van der Waals surface area (Å²) in [5.41, 5.74) is 0.855. The number of H-pyrrole nitrogens is 1. The molecule has 2 aromatic rings. The van der Waals surface area contributed by atoms with E-state index in [4.69, 9.17) is 0 Å². The Balaban J connectivity index is 2.11. The van der Waals surface area contributed by atoms with Crippen LogP contribution in [0.2, 0.25) is 0 Å². The van der Waals surface area contributed by atoms with Crippen LogP contribution in [0.15, 0.2) is 33.5 Å². The number of aromatic nitrogens is 1. The standard InChI is InChI=1S/C16H18BrN3O2/c1-9-10(2)20(7-6-18-9)16(22)12-8-14(21)19-15-11(12)4-3-5-13(15)17/h3-5,8-10,18H,6-7H2,1-2H3,(H,19,21). The van der Waals surface area contributed by atoms with Gasteiger partial charge in [-0.05, 0) is 35.8 Å². The number of carbonyl (C=O) groups excluding carboxylic acids is 1. The van der Waals surface area contributed by atoms with Crippen LogP contribution in [0.4, 0.5) is 0 Å². The summed E-state index contributed by atoms with van der Waals surface area (Å²) in [6.45, 7) is 5.51. The second-order valence-corrected chi connectivity index (χ2v) is 6.55. The van der Waals surface area contributed by atoms with Gasteiger partial charge in [-0.2, -0.15) is 0 Å². The third kappa shape index (κ3) is 2.57. The molecule has 2 N–H and O–H groups in total. The van der Waals surface area contributed by atoms with Crippen molar-refractivity contribution in [3.8, 4) is 0 Å². The third-order valence-corrected chi connectivity index (χ3v) is 5.01. The van der Waals surface area contributed by atoms with E-state index in [-0.39, 0.29) is 23.6 Å². The summed E-state index contributed by atoms with van der Waals surface area (Å²) in [6.07, 6.45) is 0. The molecule has 1 aliphatic heterocycles.